The van der Waals surface area contributed by atoms with Crippen LogP contribution in [0, 0.1) is 0 Å². The van der Waals surface area contributed by atoms with Gasteiger partial charge >= 0.3 is 0 Å². The Bertz CT molecular complexity index is 556. The third-order valence-corrected chi connectivity index (χ3v) is 3.66. The molecule has 2 aromatic carbocycles. The maximum absolute atomic E-state index is 5.52. The van der Waals surface area contributed by atoms with Crippen molar-refractivity contribution < 1.29 is 4.74 Å². The Labute approximate surface area is 129 Å². The maximum atomic E-state index is 5.52. The van der Waals surface area contributed by atoms with Crippen molar-refractivity contribution in [2.75, 3.05) is 6.61 Å². The molecule has 0 bridgehead atoms. The minimum Gasteiger partial charge on any atom is -0.494 e. The standard InChI is InChI=1S/C17H20BrNO/c1-3-20-17-9-4-6-14(10-17)12-19-13(2)15-7-5-8-16(18)11-15/h4-11,13,19H,3,12H2,1-2H3/t13-/m0/s1. The number of rotatable bonds is 6. The van der Waals surface area contributed by atoms with Crippen LogP contribution in [-0.4, -0.2) is 6.61 Å². The largest absolute Gasteiger partial charge is 0.494 e. The Kier molecular flexibility index (Phi) is 5.62. The fourth-order valence-corrected chi connectivity index (χ4v) is 2.49. The van der Waals surface area contributed by atoms with Crippen LogP contribution >= 0.6 is 15.9 Å². The molecule has 0 aromatic heterocycles. The van der Waals surface area contributed by atoms with Gasteiger partial charge in [-0.1, -0.05) is 40.2 Å². The van der Waals surface area contributed by atoms with Crippen LogP contribution in [0.5, 0.6) is 5.75 Å². The first-order chi connectivity index (χ1) is 9.69. The molecule has 2 aromatic rings. The summed E-state index contributed by atoms with van der Waals surface area (Å²) in [5.74, 6) is 0.932. The zero-order chi connectivity index (χ0) is 14.4. The molecular weight excluding hydrogens is 314 g/mol. The molecule has 106 valence electrons. The highest BCUT2D eigenvalue weighted by atomic mass is 79.9. The summed E-state index contributed by atoms with van der Waals surface area (Å²) in [6.07, 6.45) is 0. The van der Waals surface area contributed by atoms with Crippen LogP contribution < -0.4 is 10.1 Å². The van der Waals surface area contributed by atoms with Gasteiger partial charge in [0.05, 0.1) is 6.61 Å². The molecule has 0 heterocycles. The quantitative estimate of drug-likeness (QED) is 0.827. The van der Waals surface area contributed by atoms with E-state index in [1.807, 2.05) is 25.1 Å². The Hall–Kier alpha value is -1.32. The van der Waals surface area contributed by atoms with Crippen molar-refractivity contribution in [3.63, 3.8) is 0 Å². The van der Waals surface area contributed by atoms with Gasteiger partial charge < -0.3 is 10.1 Å². The molecule has 0 amide bonds. The van der Waals surface area contributed by atoms with Crippen molar-refractivity contribution in [1.82, 2.24) is 5.32 Å². The number of halogens is 1. The van der Waals surface area contributed by atoms with E-state index in [0.29, 0.717) is 12.6 Å². The zero-order valence-electron chi connectivity index (χ0n) is 11.9. The predicted molar refractivity (Wildman–Crippen MR) is 87.0 cm³/mol. The molecule has 1 N–H and O–H groups in total. The normalized spacial score (nSPS) is 12.2. The van der Waals surface area contributed by atoms with Gasteiger partial charge in [0.2, 0.25) is 0 Å². The molecule has 0 radical (unpaired) electrons. The van der Waals surface area contributed by atoms with E-state index in [2.05, 4.69) is 58.5 Å². The Morgan fingerprint density at radius 3 is 2.70 bits per heavy atom. The molecule has 1 atom stereocenters. The van der Waals surface area contributed by atoms with Gasteiger partial charge in [0.15, 0.2) is 0 Å². The van der Waals surface area contributed by atoms with Crippen LogP contribution in [0.3, 0.4) is 0 Å². The highest BCUT2D eigenvalue weighted by Crippen LogP contribution is 2.19. The van der Waals surface area contributed by atoms with Crippen LogP contribution in [-0.2, 0) is 6.54 Å². The minimum absolute atomic E-state index is 0.309. The van der Waals surface area contributed by atoms with E-state index in [4.69, 9.17) is 4.74 Å². The van der Waals surface area contributed by atoms with E-state index >= 15 is 0 Å². The van der Waals surface area contributed by atoms with Gasteiger partial charge in [0.25, 0.3) is 0 Å². The van der Waals surface area contributed by atoms with Crippen LogP contribution in [0.1, 0.15) is 31.0 Å². The predicted octanol–water partition coefficient (Wildman–Crippen LogP) is 4.70. The van der Waals surface area contributed by atoms with Crippen molar-refractivity contribution >= 4 is 15.9 Å². The third kappa shape index (κ3) is 4.36. The number of hydrogen-bond acceptors (Lipinski definition) is 2. The summed E-state index contributed by atoms with van der Waals surface area (Å²) in [7, 11) is 0. The lowest BCUT2D eigenvalue weighted by molar-refractivity contribution is 0.339. The number of ether oxygens (including phenoxy) is 1. The van der Waals surface area contributed by atoms with E-state index < -0.39 is 0 Å². The van der Waals surface area contributed by atoms with Crippen molar-refractivity contribution in [3.8, 4) is 5.75 Å². The molecular formula is C17H20BrNO. The summed E-state index contributed by atoms with van der Waals surface area (Å²) in [5.41, 5.74) is 2.51. The summed E-state index contributed by atoms with van der Waals surface area (Å²) in [6, 6.07) is 16.9. The molecule has 2 nitrogen and oxygen atoms in total. The van der Waals surface area contributed by atoms with Crippen LogP contribution in [0.4, 0.5) is 0 Å². The molecule has 0 aliphatic heterocycles. The van der Waals surface area contributed by atoms with Crippen molar-refractivity contribution in [1.29, 1.82) is 0 Å². The second-order valence-electron chi connectivity index (χ2n) is 4.74. The van der Waals surface area contributed by atoms with E-state index in [1.54, 1.807) is 0 Å². The lowest BCUT2D eigenvalue weighted by atomic mass is 10.1. The lowest BCUT2D eigenvalue weighted by Crippen LogP contribution is -2.18. The summed E-state index contributed by atoms with van der Waals surface area (Å²) < 4.78 is 6.63. The topological polar surface area (TPSA) is 21.3 Å². The minimum atomic E-state index is 0.309. The highest BCUT2D eigenvalue weighted by molar-refractivity contribution is 9.10. The van der Waals surface area contributed by atoms with E-state index in [0.717, 1.165) is 16.8 Å². The zero-order valence-corrected chi connectivity index (χ0v) is 13.5. The smallest absolute Gasteiger partial charge is 0.119 e. The van der Waals surface area contributed by atoms with Gasteiger partial charge in [-0.05, 0) is 49.2 Å². The fraction of sp³-hybridized carbons (Fsp3) is 0.294. The van der Waals surface area contributed by atoms with E-state index in [-0.39, 0.29) is 0 Å². The van der Waals surface area contributed by atoms with Crippen LogP contribution in [0.15, 0.2) is 53.0 Å². The summed E-state index contributed by atoms with van der Waals surface area (Å²) >= 11 is 3.51. The van der Waals surface area contributed by atoms with Crippen molar-refractivity contribution in [3.05, 3.63) is 64.1 Å². The summed E-state index contributed by atoms with van der Waals surface area (Å²) in [5, 5.41) is 3.54. The van der Waals surface area contributed by atoms with E-state index in [1.165, 1.54) is 11.1 Å². The van der Waals surface area contributed by atoms with Crippen LogP contribution in [0.25, 0.3) is 0 Å². The summed E-state index contributed by atoms with van der Waals surface area (Å²) in [6.45, 7) is 5.70. The van der Waals surface area contributed by atoms with Gasteiger partial charge in [0.1, 0.15) is 5.75 Å². The SMILES string of the molecule is CCOc1cccc(CN[C@@H](C)c2cccc(Br)c2)c1. The Morgan fingerprint density at radius 2 is 1.95 bits per heavy atom. The lowest BCUT2D eigenvalue weighted by Gasteiger charge is -2.15. The van der Waals surface area contributed by atoms with Gasteiger partial charge in [-0.15, -0.1) is 0 Å². The molecule has 0 spiro atoms. The Balaban J connectivity index is 1.96. The van der Waals surface area contributed by atoms with Crippen molar-refractivity contribution in [2.24, 2.45) is 0 Å². The first-order valence-electron chi connectivity index (χ1n) is 6.89. The number of nitrogens with one attached hydrogen (secondary N) is 1. The molecule has 0 saturated carbocycles. The monoisotopic (exact) mass is 333 g/mol. The molecule has 2 rings (SSSR count). The first kappa shape index (κ1) is 15.1. The van der Waals surface area contributed by atoms with Gasteiger partial charge in [-0.25, -0.2) is 0 Å². The summed E-state index contributed by atoms with van der Waals surface area (Å²) in [4.78, 5) is 0. The average Bonchev–Trinajstić information content (AvgIpc) is 2.45. The average molecular weight is 334 g/mol. The molecule has 0 aliphatic carbocycles. The van der Waals surface area contributed by atoms with Gasteiger partial charge in [-0.3, -0.25) is 0 Å². The number of benzene rings is 2. The first-order valence-corrected chi connectivity index (χ1v) is 7.69. The second-order valence-corrected chi connectivity index (χ2v) is 5.65. The molecule has 0 aliphatic rings. The van der Waals surface area contributed by atoms with Crippen molar-refractivity contribution in [2.45, 2.75) is 26.4 Å². The van der Waals surface area contributed by atoms with Gasteiger partial charge in [0, 0.05) is 17.1 Å². The molecule has 0 fully saturated rings. The second kappa shape index (κ2) is 7.46. The molecule has 20 heavy (non-hydrogen) atoms. The fourth-order valence-electron chi connectivity index (χ4n) is 2.08. The molecule has 0 unspecified atom stereocenters. The molecule has 0 saturated heterocycles. The number of hydrogen-bond donors (Lipinski definition) is 1. The maximum Gasteiger partial charge on any atom is 0.119 e. The van der Waals surface area contributed by atoms with Crippen LogP contribution in [0.2, 0.25) is 0 Å². The van der Waals surface area contributed by atoms with Gasteiger partial charge in [-0.2, -0.15) is 0 Å². The Morgan fingerprint density at radius 1 is 1.15 bits per heavy atom. The molecule has 3 heteroatoms. The van der Waals surface area contributed by atoms with E-state index in [9.17, 15) is 0 Å². The third-order valence-electron chi connectivity index (χ3n) is 3.17. The highest BCUT2D eigenvalue weighted by Gasteiger charge is 2.05.